The number of carbonyl (C=O) groups is 1. The lowest BCUT2D eigenvalue weighted by Gasteiger charge is -2.35. The van der Waals surface area contributed by atoms with Crippen LogP contribution in [-0.4, -0.2) is 17.7 Å². The second-order valence-electron chi connectivity index (χ2n) is 2.92. The van der Waals surface area contributed by atoms with Gasteiger partial charge in [0.15, 0.2) is 11.7 Å². The molecule has 0 saturated carbocycles. The van der Waals surface area contributed by atoms with E-state index >= 15 is 0 Å². The van der Waals surface area contributed by atoms with E-state index in [9.17, 15) is 4.79 Å². The van der Waals surface area contributed by atoms with E-state index in [0.717, 1.165) is 0 Å². The van der Waals surface area contributed by atoms with Crippen molar-refractivity contribution in [1.29, 1.82) is 0 Å². The van der Waals surface area contributed by atoms with Crippen molar-refractivity contribution in [2.24, 2.45) is 0 Å². The van der Waals surface area contributed by atoms with Gasteiger partial charge >= 0.3 is 5.97 Å². The Morgan fingerprint density at radius 3 is 2.75 bits per heavy atom. The summed E-state index contributed by atoms with van der Waals surface area (Å²) in [7, 11) is 0. The molecule has 3 nitrogen and oxygen atoms in total. The maximum Gasteiger partial charge on any atom is 0.348 e. The SMILES string of the molecule is C=C[C@]1(C)OC(=O)[C@@H](C)OC1=C. The molecule has 0 N–H and O–H groups in total. The van der Waals surface area contributed by atoms with Crippen LogP contribution in [0.5, 0.6) is 0 Å². The summed E-state index contributed by atoms with van der Waals surface area (Å²) in [4.78, 5) is 11.1. The van der Waals surface area contributed by atoms with E-state index in [1.54, 1.807) is 13.8 Å². The Morgan fingerprint density at radius 2 is 2.25 bits per heavy atom. The molecule has 3 heteroatoms. The van der Waals surface area contributed by atoms with Crippen LogP contribution in [0.2, 0.25) is 0 Å². The van der Waals surface area contributed by atoms with Gasteiger partial charge in [0.1, 0.15) is 5.76 Å². The van der Waals surface area contributed by atoms with Crippen molar-refractivity contribution >= 4 is 5.97 Å². The van der Waals surface area contributed by atoms with Gasteiger partial charge in [0.05, 0.1) is 0 Å². The van der Waals surface area contributed by atoms with Crippen LogP contribution in [0.15, 0.2) is 25.0 Å². The highest BCUT2D eigenvalue weighted by atomic mass is 16.6. The van der Waals surface area contributed by atoms with Crippen molar-refractivity contribution < 1.29 is 14.3 Å². The van der Waals surface area contributed by atoms with E-state index in [2.05, 4.69) is 13.2 Å². The third kappa shape index (κ3) is 1.22. The van der Waals surface area contributed by atoms with Gasteiger partial charge in [0.25, 0.3) is 0 Å². The van der Waals surface area contributed by atoms with Gasteiger partial charge in [-0.25, -0.2) is 4.79 Å². The van der Waals surface area contributed by atoms with Gasteiger partial charge in [-0.2, -0.15) is 0 Å². The molecule has 0 unspecified atom stereocenters. The van der Waals surface area contributed by atoms with Gasteiger partial charge in [-0.3, -0.25) is 0 Å². The second kappa shape index (κ2) is 2.66. The molecule has 1 aliphatic rings. The lowest BCUT2D eigenvalue weighted by molar-refractivity contribution is -0.177. The maximum atomic E-state index is 11.1. The first kappa shape index (κ1) is 8.84. The Morgan fingerprint density at radius 1 is 1.67 bits per heavy atom. The molecule has 0 radical (unpaired) electrons. The molecule has 1 rings (SSSR count). The van der Waals surface area contributed by atoms with Gasteiger partial charge in [-0.05, 0) is 19.9 Å². The normalized spacial score (nSPS) is 35.3. The molecule has 0 aromatic carbocycles. The fourth-order valence-corrected chi connectivity index (χ4v) is 0.883. The number of hydrogen-bond donors (Lipinski definition) is 0. The summed E-state index contributed by atoms with van der Waals surface area (Å²) in [5.74, 6) is 0.0365. The fraction of sp³-hybridized carbons (Fsp3) is 0.444. The molecule has 0 amide bonds. The summed E-state index contributed by atoms with van der Waals surface area (Å²) in [5, 5.41) is 0. The molecule has 2 atom stereocenters. The average molecular weight is 168 g/mol. The molecule has 1 saturated heterocycles. The topological polar surface area (TPSA) is 35.5 Å². The van der Waals surface area contributed by atoms with Gasteiger partial charge < -0.3 is 9.47 Å². The van der Waals surface area contributed by atoms with Crippen LogP contribution in [0.4, 0.5) is 0 Å². The van der Waals surface area contributed by atoms with E-state index in [1.807, 2.05) is 0 Å². The van der Waals surface area contributed by atoms with E-state index in [-0.39, 0.29) is 5.97 Å². The quantitative estimate of drug-likeness (QED) is 0.438. The Hall–Kier alpha value is -1.25. The molecule has 1 fully saturated rings. The van der Waals surface area contributed by atoms with Crippen molar-refractivity contribution in [3.8, 4) is 0 Å². The van der Waals surface area contributed by atoms with Crippen LogP contribution in [0.3, 0.4) is 0 Å². The largest absolute Gasteiger partial charge is 0.479 e. The zero-order chi connectivity index (χ0) is 9.35. The van der Waals surface area contributed by atoms with Gasteiger partial charge in [0, 0.05) is 0 Å². The van der Waals surface area contributed by atoms with Crippen molar-refractivity contribution in [3.05, 3.63) is 25.0 Å². The van der Waals surface area contributed by atoms with Crippen LogP contribution in [0.25, 0.3) is 0 Å². The van der Waals surface area contributed by atoms with Crippen LogP contribution >= 0.6 is 0 Å². The molecule has 0 aliphatic carbocycles. The molecule has 66 valence electrons. The maximum absolute atomic E-state index is 11.1. The highest BCUT2D eigenvalue weighted by Gasteiger charge is 2.38. The predicted octanol–water partition coefficient (Wildman–Crippen LogP) is 1.41. The summed E-state index contributed by atoms with van der Waals surface area (Å²) >= 11 is 0. The van der Waals surface area contributed by atoms with Crippen LogP contribution in [-0.2, 0) is 14.3 Å². The van der Waals surface area contributed by atoms with Gasteiger partial charge in [-0.1, -0.05) is 13.2 Å². The fourth-order valence-electron chi connectivity index (χ4n) is 0.883. The molecule has 12 heavy (non-hydrogen) atoms. The summed E-state index contributed by atoms with van der Waals surface area (Å²) in [5.41, 5.74) is -0.871. The van der Waals surface area contributed by atoms with Crippen LogP contribution in [0, 0.1) is 0 Å². The van der Waals surface area contributed by atoms with E-state index < -0.39 is 11.7 Å². The number of ether oxygens (including phenoxy) is 2. The van der Waals surface area contributed by atoms with Crippen molar-refractivity contribution in [3.63, 3.8) is 0 Å². The lowest BCUT2D eigenvalue weighted by atomic mass is 10.0. The first-order valence-electron chi connectivity index (χ1n) is 3.72. The van der Waals surface area contributed by atoms with E-state index in [1.165, 1.54) is 6.08 Å². The number of cyclic esters (lactones) is 1. The average Bonchev–Trinajstić information content (AvgIpc) is 2.01. The van der Waals surface area contributed by atoms with E-state index in [4.69, 9.17) is 9.47 Å². The van der Waals surface area contributed by atoms with Gasteiger partial charge in [-0.15, -0.1) is 0 Å². The van der Waals surface area contributed by atoms with Crippen molar-refractivity contribution in [1.82, 2.24) is 0 Å². The molecule has 0 aromatic heterocycles. The number of hydrogen-bond acceptors (Lipinski definition) is 3. The number of rotatable bonds is 1. The van der Waals surface area contributed by atoms with E-state index in [0.29, 0.717) is 5.76 Å². The molecule has 0 spiro atoms. The van der Waals surface area contributed by atoms with Gasteiger partial charge in [0.2, 0.25) is 0 Å². The molecular weight excluding hydrogens is 156 g/mol. The highest BCUT2D eigenvalue weighted by Crippen LogP contribution is 2.28. The Kier molecular flexibility index (Phi) is 1.96. The minimum absolute atomic E-state index is 0.384. The van der Waals surface area contributed by atoms with Crippen LogP contribution in [0.1, 0.15) is 13.8 Å². The van der Waals surface area contributed by atoms with Crippen LogP contribution < -0.4 is 0 Å². The first-order chi connectivity index (χ1) is 5.49. The zero-order valence-corrected chi connectivity index (χ0v) is 7.29. The zero-order valence-electron chi connectivity index (χ0n) is 7.29. The van der Waals surface area contributed by atoms with Crippen molar-refractivity contribution in [2.75, 3.05) is 0 Å². The second-order valence-corrected chi connectivity index (χ2v) is 2.92. The smallest absolute Gasteiger partial charge is 0.348 e. The summed E-state index contributed by atoms with van der Waals surface area (Å²) < 4.78 is 10.2. The molecular formula is C9H12O3. The lowest BCUT2D eigenvalue weighted by Crippen LogP contribution is -2.43. The third-order valence-corrected chi connectivity index (χ3v) is 1.91. The molecule has 1 aliphatic heterocycles. The minimum atomic E-state index is -0.871. The number of esters is 1. The Labute approximate surface area is 71.7 Å². The molecule has 1 heterocycles. The minimum Gasteiger partial charge on any atom is -0.479 e. The monoisotopic (exact) mass is 168 g/mol. The Balaban J connectivity index is 2.88. The Bertz CT molecular complexity index is 244. The summed E-state index contributed by atoms with van der Waals surface area (Å²) in [6.45, 7) is 10.5. The molecule has 0 aromatic rings. The number of carbonyl (C=O) groups excluding carboxylic acids is 1. The summed E-state index contributed by atoms with van der Waals surface area (Å²) in [6.07, 6.45) is 0.935. The summed E-state index contributed by atoms with van der Waals surface area (Å²) in [6, 6.07) is 0. The predicted molar refractivity (Wildman–Crippen MR) is 44.4 cm³/mol. The molecule has 0 bridgehead atoms. The van der Waals surface area contributed by atoms with Crippen molar-refractivity contribution in [2.45, 2.75) is 25.6 Å². The standard InChI is InChI=1S/C9H12O3/c1-5-9(4)7(3)11-6(2)8(10)12-9/h5-6H,1,3H2,2,4H3/t6-,9+/m1/s1. The first-order valence-corrected chi connectivity index (χ1v) is 3.72. The third-order valence-electron chi connectivity index (χ3n) is 1.91. The highest BCUT2D eigenvalue weighted by molar-refractivity contribution is 5.76.